The normalized spacial score (nSPS) is 16.5. The summed E-state index contributed by atoms with van der Waals surface area (Å²) in [5.41, 5.74) is 2.25. The van der Waals surface area contributed by atoms with E-state index in [-0.39, 0.29) is 6.10 Å². The van der Waals surface area contributed by atoms with Crippen LogP contribution < -0.4 is 4.74 Å². The van der Waals surface area contributed by atoms with Crippen molar-refractivity contribution in [3.05, 3.63) is 48.5 Å². The van der Waals surface area contributed by atoms with Crippen molar-refractivity contribution in [1.82, 2.24) is 24.4 Å². The van der Waals surface area contributed by atoms with Crippen LogP contribution in [0.2, 0.25) is 0 Å². The number of para-hydroxylation sites is 2. The standard InChI is InChI=1S/C18H21N5O/c1-22-16-6-3-2-5-15(16)21-17(22)13-23-11-7-14(8-12-23)24-18-19-9-4-10-20-18/h2-6,9-10,14H,7-8,11-13H2,1H3. The van der Waals surface area contributed by atoms with Crippen LogP contribution in [0.1, 0.15) is 18.7 Å². The van der Waals surface area contributed by atoms with Gasteiger partial charge in [0.25, 0.3) is 0 Å². The summed E-state index contributed by atoms with van der Waals surface area (Å²) in [4.78, 5) is 15.5. The van der Waals surface area contributed by atoms with Gasteiger partial charge in [-0.05, 0) is 31.0 Å². The van der Waals surface area contributed by atoms with Crippen LogP contribution in [-0.4, -0.2) is 43.6 Å². The highest BCUT2D eigenvalue weighted by molar-refractivity contribution is 5.75. The van der Waals surface area contributed by atoms with E-state index in [1.165, 1.54) is 5.52 Å². The number of nitrogens with zero attached hydrogens (tertiary/aromatic N) is 5. The van der Waals surface area contributed by atoms with Gasteiger partial charge < -0.3 is 9.30 Å². The van der Waals surface area contributed by atoms with E-state index < -0.39 is 0 Å². The Kier molecular flexibility index (Phi) is 4.13. The van der Waals surface area contributed by atoms with Crippen LogP contribution in [-0.2, 0) is 13.6 Å². The molecule has 1 aliphatic rings. The number of piperidine rings is 1. The monoisotopic (exact) mass is 323 g/mol. The number of aryl methyl sites for hydroxylation is 1. The third-order valence-electron chi connectivity index (χ3n) is 4.59. The van der Waals surface area contributed by atoms with Gasteiger partial charge in [-0.3, -0.25) is 4.90 Å². The number of benzene rings is 1. The van der Waals surface area contributed by atoms with Crippen molar-refractivity contribution in [2.45, 2.75) is 25.5 Å². The average Bonchev–Trinajstić information content (AvgIpc) is 2.94. The lowest BCUT2D eigenvalue weighted by Crippen LogP contribution is -2.38. The molecule has 3 aromatic rings. The van der Waals surface area contributed by atoms with Crippen LogP contribution in [0.5, 0.6) is 6.01 Å². The molecule has 0 N–H and O–H groups in total. The number of hydrogen-bond donors (Lipinski definition) is 0. The first-order valence-corrected chi connectivity index (χ1v) is 8.36. The van der Waals surface area contributed by atoms with Crippen molar-refractivity contribution in [3.8, 4) is 6.01 Å². The topological polar surface area (TPSA) is 56.1 Å². The Morgan fingerprint density at radius 2 is 1.83 bits per heavy atom. The fraction of sp³-hybridized carbons (Fsp3) is 0.389. The van der Waals surface area contributed by atoms with Gasteiger partial charge in [0.15, 0.2) is 0 Å². The number of ether oxygens (including phenoxy) is 1. The molecule has 4 rings (SSSR count). The van der Waals surface area contributed by atoms with Crippen molar-refractivity contribution in [2.24, 2.45) is 7.05 Å². The van der Waals surface area contributed by atoms with Crippen LogP contribution in [0.4, 0.5) is 0 Å². The molecule has 0 saturated carbocycles. The molecule has 124 valence electrons. The minimum atomic E-state index is 0.198. The van der Waals surface area contributed by atoms with Crippen molar-refractivity contribution in [2.75, 3.05) is 13.1 Å². The molecule has 6 nitrogen and oxygen atoms in total. The van der Waals surface area contributed by atoms with E-state index in [0.29, 0.717) is 6.01 Å². The molecular formula is C18H21N5O. The molecule has 0 atom stereocenters. The molecule has 3 heterocycles. The maximum Gasteiger partial charge on any atom is 0.316 e. The van der Waals surface area contributed by atoms with Gasteiger partial charge >= 0.3 is 6.01 Å². The van der Waals surface area contributed by atoms with E-state index in [9.17, 15) is 0 Å². The first-order chi connectivity index (χ1) is 11.8. The van der Waals surface area contributed by atoms with Crippen molar-refractivity contribution < 1.29 is 4.74 Å². The third-order valence-corrected chi connectivity index (χ3v) is 4.59. The molecule has 0 bridgehead atoms. The van der Waals surface area contributed by atoms with Gasteiger partial charge in [-0.2, -0.15) is 0 Å². The molecule has 1 aliphatic heterocycles. The van der Waals surface area contributed by atoms with Gasteiger partial charge in [-0.15, -0.1) is 0 Å². The molecule has 24 heavy (non-hydrogen) atoms. The van der Waals surface area contributed by atoms with Crippen molar-refractivity contribution in [1.29, 1.82) is 0 Å². The predicted molar refractivity (Wildman–Crippen MR) is 91.7 cm³/mol. The lowest BCUT2D eigenvalue weighted by atomic mass is 10.1. The average molecular weight is 323 g/mol. The van der Waals surface area contributed by atoms with Gasteiger partial charge in [0.2, 0.25) is 0 Å². The van der Waals surface area contributed by atoms with Crippen LogP contribution in [0.15, 0.2) is 42.7 Å². The zero-order valence-corrected chi connectivity index (χ0v) is 13.8. The SMILES string of the molecule is Cn1c(CN2CCC(Oc3ncccn3)CC2)nc2ccccc21. The second-order valence-electron chi connectivity index (χ2n) is 6.20. The Morgan fingerprint density at radius 1 is 1.08 bits per heavy atom. The van der Waals surface area contributed by atoms with Gasteiger partial charge in [-0.1, -0.05) is 12.1 Å². The second kappa shape index (κ2) is 6.57. The zero-order chi connectivity index (χ0) is 16.4. The summed E-state index contributed by atoms with van der Waals surface area (Å²) in [5.74, 6) is 1.11. The van der Waals surface area contributed by atoms with Crippen molar-refractivity contribution in [3.63, 3.8) is 0 Å². The highest BCUT2D eigenvalue weighted by atomic mass is 16.5. The Morgan fingerprint density at radius 3 is 2.58 bits per heavy atom. The molecule has 0 amide bonds. The number of rotatable bonds is 4. The van der Waals surface area contributed by atoms with Crippen LogP contribution in [0, 0.1) is 0 Å². The van der Waals surface area contributed by atoms with Crippen LogP contribution in [0.25, 0.3) is 11.0 Å². The number of hydrogen-bond acceptors (Lipinski definition) is 5. The fourth-order valence-electron chi connectivity index (χ4n) is 3.22. The maximum absolute atomic E-state index is 5.86. The first kappa shape index (κ1) is 15.1. The molecule has 0 spiro atoms. The summed E-state index contributed by atoms with van der Waals surface area (Å²) in [7, 11) is 2.09. The van der Waals surface area contributed by atoms with Crippen LogP contribution in [0.3, 0.4) is 0 Å². The van der Waals surface area contributed by atoms with Gasteiger partial charge in [0.1, 0.15) is 11.9 Å². The number of aromatic nitrogens is 4. The molecule has 2 aromatic heterocycles. The van der Waals surface area contributed by atoms with E-state index in [4.69, 9.17) is 9.72 Å². The van der Waals surface area contributed by atoms with E-state index in [2.05, 4.69) is 44.7 Å². The Balaban J connectivity index is 1.36. The number of likely N-dealkylation sites (tertiary alicyclic amines) is 1. The molecule has 0 radical (unpaired) electrons. The number of fused-ring (bicyclic) bond motifs is 1. The van der Waals surface area contributed by atoms with E-state index >= 15 is 0 Å². The molecule has 0 unspecified atom stereocenters. The summed E-state index contributed by atoms with van der Waals surface area (Å²) >= 11 is 0. The third kappa shape index (κ3) is 3.10. The second-order valence-corrected chi connectivity index (χ2v) is 6.20. The van der Waals surface area contributed by atoms with E-state index in [0.717, 1.165) is 43.8 Å². The summed E-state index contributed by atoms with van der Waals surface area (Å²) < 4.78 is 8.05. The van der Waals surface area contributed by atoms with Gasteiger partial charge in [0, 0.05) is 32.5 Å². The zero-order valence-electron chi connectivity index (χ0n) is 13.8. The molecular weight excluding hydrogens is 302 g/mol. The molecule has 1 aromatic carbocycles. The van der Waals surface area contributed by atoms with Gasteiger partial charge in [-0.25, -0.2) is 15.0 Å². The lowest BCUT2D eigenvalue weighted by molar-refractivity contribution is 0.0876. The van der Waals surface area contributed by atoms with Gasteiger partial charge in [0.05, 0.1) is 17.6 Å². The largest absolute Gasteiger partial charge is 0.460 e. The lowest BCUT2D eigenvalue weighted by Gasteiger charge is -2.31. The van der Waals surface area contributed by atoms with Crippen molar-refractivity contribution >= 4 is 11.0 Å². The smallest absolute Gasteiger partial charge is 0.316 e. The fourth-order valence-corrected chi connectivity index (χ4v) is 3.22. The predicted octanol–water partition coefficient (Wildman–Crippen LogP) is 2.41. The summed E-state index contributed by atoms with van der Waals surface area (Å²) in [6.07, 6.45) is 5.60. The highest BCUT2D eigenvalue weighted by Crippen LogP contribution is 2.19. The molecule has 1 fully saturated rings. The first-order valence-electron chi connectivity index (χ1n) is 8.36. The minimum Gasteiger partial charge on any atom is -0.460 e. The summed E-state index contributed by atoms with van der Waals surface area (Å²) in [6.45, 7) is 2.88. The highest BCUT2D eigenvalue weighted by Gasteiger charge is 2.22. The Labute approximate surface area is 141 Å². The molecule has 6 heteroatoms. The molecule has 1 saturated heterocycles. The number of imidazole rings is 1. The van der Waals surface area contributed by atoms with E-state index in [1.54, 1.807) is 18.5 Å². The molecule has 0 aliphatic carbocycles. The summed E-state index contributed by atoms with van der Waals surface area (Å²) in [5, 5.41) is 0. The van der Waals surface area contributed by atoms with E-state index in [1.807, 2.05) is 6.07 Å². The van der Waals surface area contributed by atoms with Crippen LogP contribution >= 0.6 is 0 Å². The maximum atomic E-state index is 5.86. The Bertz CT molecular complexity index is 809. The summed E-state index contributed by atoms with van der Waals surface area (Å²) in [6, 6.07) is 10.6. The minimum absolute atomic E-state index is 0.198. The quantitative estimate of drug-likeness (QED) is 0.738. The Hall–Kier alpha value is -2.47.